The Morgan fingerprint density at radius 3 is 2.23 bits per heavy atom. The standard InChI is InChI=1S/C26H22F3N3O3/c27-18-7-5-16(6-8-18)15-1-3-17(4-2-15)25-22-12-31(13-24(34)32(22)23(25)14-33)26(35)30-21-11-19(28)9-10-20(21)29/h1-11,22-23,25,33H,12-14H2,(H,30,35)/t22-,23+,25-/m1/s1. The first-order chi connectivity index (χ1) is 16.9. The van der Waals surface area contributed by atoms with Crippen LogP contribution in [0.3, 0.4) is 0 Å². The number of nitrogens with one attached hydrogen (secondary N) is 1. The average Bonchev–Trinajstić information content (AvgIpc) is 2.83. The number of aliphatic hydroxyl groups excluding tert-OH is 1. The molecule has 2 N–H and O–H groups in total. The van der Waals surface area contributed by atoms with Gasteiger partial charge in [-0.25, -0.2) is 18.0 Å². The van der Waals surface area contributed by atoms with Gasteiger partial charge in [0.05, 0.1) is 24.4 Å². The van der Waals surface area contributed by atoms with Crippen molar-refractivity contribution in [2.75, 3.05) is 25.0 Å². The van der Waals surface area contributed by atoms with E-state index in [2.05, 4.69) is 5.32 Å². The van der Waals surface area contributed by atoms with Crippen molar-refractivity contribution in [2.45, 2.75) is 18.0 Å². The number of nitrogens with zero attached hydrogens (tertiary/aromatic N) is 2. The smallest absolute Gasteiger partial charge is 0.322 e. The van der Waals surface area contributed by atoms with E-state index in [0.717, 1.165) is 34.9 Å². The number of amides is 3. The van der Waals surface area contributed by atoms with Gasteiger partial charge in [0.2, 0.25) is 5.91 Å². The molecule has 0 aliphatic carbocycles. The highest BCUT2D eigenvalue weighted by Gasteiger charge is 2.54. The summed E-state index contributed by atoms with van der Waals surface area (Å²) in [5.74, 6) is -2.34. The summed E-state index contributed by atoms with van der Waals surface area (Å²) in [6.07, 6.45) is 0. The molecule has 0 saturated carbocycles. The summed E-state index contributed by atoms with van der Waals surface area (Å²) in [6.45, 7) is -0.283. The minimum absolute atomic E-state index is 0.176. The molecule has 5 rings (SSSR count). The number of benzene rings is 3. The van der Waals surface area contributed by atoms with Gasteiger partial charge in [0, 0.05) is 18.5 Å². The molecule has 9 heteroatoms. The van der Waals surface area contributed by atoms with Crippen molar-refractivity contribution in [3.05, 3.63) is 89.7 Å². The minimum atomic E-state index is -0.784. The molecule has 2 heterocycles. The lowest BCUT2D eigenvalue weighted by molar-refractivity contribution is -0.159. The van der Waals surface area contributed by atoms with E-state index in [4.69, 9.17) is 0 Å². The molecule has 0 radical (unpaired) electrons. The van der Waals surface area contributed by atoms with E-state index >= 15 is 0 Å². The molecule has 3 aromatic carbocycles. The molecule has 180 valence electrons. The summed E-state index contributed by atoms with van der Waals surface area (Å²) in [5.41, 5.74) is 2.33. The van der Waals surface area contributed by atoms with Crippen molar-refractivity contribution in [2.24, 2.45) is 0 Å². The monoisotopic (exact) mass is 481 g/mol. The number of rotatable bonds is 4. The van der Waals surface area contributed by atoms with Crippen molar-refractivity contribution in [1.29, 1.82) is 0 Å². The van der Waals surface area contributed by atoms with E-state index in [1.807, 2.05) is 24.3 Å². The number of fused-ring (bicyclic) bond motifs is 1. The Morgan fingerprint density at radius 1 is 0.943 bits per heavy atom. The average molecular weight is 481 g/mol. The number of carbonyl (C=O) groups is 2. The van der Waals surface area contributed by atoms with E-state index in [-0.39, 0.29) is 49.1 Å². The maximum absolute atomic E-state index is 14.0. The zero-order chi connectivity index (χ0) is 24.7. The van der Waals surface area contributed by atoms with Gasteiger partial charge < -0.3 is 20.2 Å². The number of hydrogen-bond donors (Lipinski definition) is 2. The topological polar surface area (TPSA) is 72.9 Å². The number of urea groups is 1. The fraction of sp³-hybridized carbons (Fsp3) is 0.231. The number of hydrogen-bond acceptors (Lipinski definition) is 3. The van der Waals surface area contributed by atoms with E-state index < -0.39 is 23.7 Å². The first-order valence-corrected chi connectivity index (χ1v) is 11.1. The molecule has 0 bridgehead atoms. The Bertz CT molecular complexity index is 1270. The van der Waals surface area contributed by atoms with Gasteiger partial charge in [0.1, 0.15) is 24.0 Å². The SMILES string of the molecule is O=C(Nc1cc(F)ccc1F)N1CC(=O)N2[C@H](C1)[C@@H](c1ccc(-c3ccc(F)cc3)cc1)[C@@H]2CO. The van der Waals surface area contributed by atoms with Crippen LogP contribution < -0.4 is 5.32 Å². The van der Waals surface area contributed by atoms with Gasteiger partial charge in [-0.3, -0.25) is 4.79 Å². The van der Waals surface area contributed by atoms with Gasteiger partial charge in [-0.1, -0.05) is 36.4 Å². The third-order valence-corrected chi connectivity index (χ3v) is 6.68. The molecule has 3 amide bonds. The molecular formula is C26H22F3N3O3. The Hall–Kier alpha value is -3.85. The Balaban J connectivity index is 1.34. The number of halogens is 3. The van der Waals surface area contributed by atoms with Crippen LogP contribution in [0.5, 0.6) is 0 Å². The van der Waals surface area contributed by atoms with Crippen LogP contribution >= 0.6 is 0 Å². The summed E-state index contributed by atoms with van der Waals surface area (Å²) in [6, 6.07) is 15.0. The molecule has 35 heavy (non-hydrogen) atoms. The second-order valence-electron chi connectivity index (χ2n) is 8.71. The highest BCUT2D eigenvalue weighted by molar-refractivity contribution is 5.94. The molecule has 0 aromatic heterocycles. The third-order valence-electron chi connectivity index (χ3n) is 6.68. The Labute approximate surface area is 199 Å². The van der Waals surface area contributed by atoms with Crippen LogP contribution in [-0.4, -0.2) is 58.6 Å². The zero-order valence-electron chi connectivity index (χ0n) is 18.5. The van der Waals surface area contributed by atoms with Gasteiger partial charge in [-0.2, -0.15) is 0 Å². The molecule has 3 aromatic rings. The maximum Gasteiger partial charge on any atom is 0.322 e. The molecular weight excluding hydrogens is 459 g/mol. The Kier molecular flexibility index (Phi) is 5.94. The van der Waals surface area contributed by atoms with Crippen LogP contribution in [0.1, 0.15) is 11.5 Å². The quantitative estimate of drug-likeness (QED) is 0.592. The van der Waals surface area contributed by atoms with Gasteiger partial charge in [0.15, 0.2) is 0 Å². The second kappa shape index (κ2) is 9.07. The van der Waals surface area contributed by atoms with Crippen LogP contribution in [0.15, 0.2) is 66.7 Å². The fourth-order valence-corrected chi connectivity index (χ4v) is 4.98. The molecule has 2 aliphatic heterocycles. The van der Waals surface area contributed by atoms with Crippen molar-refractivity contribution in [3.63, 3.8) is 0 Å². The van der Waals surface area contributed by atoms with Crippen molar-refractivity contribution < 1.29 is 27.9 Å². The molecule has 2 saturated heterocycles. The van der Waals surface area contributed by atoms with Crippen LogP contribution in [-0.2, 0) is 4.79 Å². The van der Waals surface area contributed by atoms with Gasteiger partial charge in [0.25, 0.3) is 0 Å². The van der Waals surface area contributed by atoms with E-state index in [0.29, 0.717) is 0 Å². The first kappa shape index (κ1) is 22.9. The molecule has 0 spiro atoms. The number of anilines is 1. The highest BCUT2D eigenvalue weighted by atomic mass is 19.1. The van der Waals surface area contributed by atoms with Crippen molar-refractivity contribution >= 4 is 17.6 Å². The third kappa shape index (κ3) is 4.23. The summed E-state index contributed by atoms with van der Waals surface area (Å²) in [5, 5.41) is 12.3. The molecule has 2 fully saturated rings. The summed E-state index contributed by atoms with van der Waals surface area (Å²) < 4.78 is 40.6. The summed E-state index contributed by atoms with van der Waals surface area (Å²) in [7, 11) is 0. The maximum atomic E-state index is 14.0. The first-order valence-electron chi connectivity index (χ1n) is 11.1. The highest BCUT2D eigenvalue weighted by Crippen LogP contribution is 2.43. The lowest BCUT2D eigenvalue weighted by Gasteiger charge is -2.58. The molecule has 0 unspecified atom stereocenters. The van der Waals surface area contributed by atoms with E-state index in [1.165, 1.54) is 17.0 Å². The second-order valence-corrected chi connectivity index (χ2v) is 8.71. The number of carbonyl (C=O) groups excluding carboxylic acids is 2. The lowest BCUT2D eigenvalue weighted by Crippen LogP contribution is -2.73. The van der Waals surface area contributed by atoms with E-state index in [1.54, 1.807) is 17.0 Å². The fourth-order valence-electron chi connectivity index (χ4n) is 4.98. The van der Waals surface area contributed by atoms with E-state index in [9.17, 15) is 27.9 Å². The van der Waals surface area contributed by atoms with Crippen molar-refractivity contribution in [3.8, 4) is 11.1 Å². The van der Waals surface area contributed by atoms with Gasteiger partial charge in [-0.05, 0) is 41.0 Å². The van der Waals surface area contributed by atoms with Crippen LogP contribution in [0.25, 0.3) is 11.1 Å². The molecule has 6 nitrogen and oxygen atoms in total. The zero-order valence-corrected chi connectivity index (χ0v) is 18.5. The van der Waals surface area contributed by atoms with Gasteiger partial charge >= 0.3 is 6.03 Å². The summed E-state index contributed by atoms with van der Waals surface area (Å²) in [4.78, 5) is 28.4. The number of piperazine rings is 1. The Morgan fingerprint density at radius 2 is 1.57 bits per heavy atom. The van der Waals surface area contributed by atoms with Crippen molar-refractivity contribution in [1.82, 2.24) is 9.80 Å². The summed E-state index contributed by atoms with van der Waals surface area (Å²) >= 11 is 0. The number of aliphatic hydroxyl groups is 1. The minimum Gasteiger partial charge on any atom is -0.394 e. The molecule has 3 atom stereocenters. The van der Waals surface area contributed by atoms with Gasteiger partial charge in [-0.15, -0.1) is 0 Å². The van der Waals surface area contributed by atoms with Crippen LogP contribution in [0.2, 0.25) is 0 Å². The van der Waals surface area contributed by atoms with Crippen LogP contribution in [0, 0.1) is 17.5 Å². The lowest BCUT2D eigenvalue weighted by atomic mass is 9.73. The normalized spacial score (nSPS) is 21.4. The predicted octanol–water partition coefficient (Wildman–Crippen LogP) is 3.97. The molecule has 2 aliphatic rings. The predicted molar refractivity (Wildman–Crippen MR) is 123 cm³/mol. The van der Waals surface area contributed by atoms with Crippen LogP contribution in [0.4, 0.5) is 23.7 Å². The largest absolute Gasteiger partial charge is 0.394 e.